The fourth-order valence-corrected chi connectivity index (χ4v) is 3.97. The van der Waals surface area contributed by atoms with Crippen molar-refractivity contribution < 1.29 is 14.7 Å². The molecule has 9 nitrogen and oxygen atoms in total. The maximum Gasteiger partial charge on any atom is 0.339 e. The Morgan fingerprint density at radius 2 is 1.53 bits per heavy atom. The van der Waals surface area contributed by atoms with Gasteiger partial charge in [0.2, 0.25) is 5.91 Å². The quantitative estimate of drug-likeness (QED) is 0.353. The molecule has 0 saturated carbocycles. The van der Waals surface area contributed by atoms with Crippen LogP contribution in [-0.2, 0) is 13.1 Å². The SMILES string of the molecule is Cc1cc(N)c(C)c(C)c1C(N)=O.Cc1cnn(Cc2ccc(Cn3ncc(C(=O)O)c3C)cc2)c1. The number of carboxylic acid groups (broad SMARTS) is 1. The fourth-order valence-electron chi connectivity index (χ4n) is 3.97. The molecule has 188 valence electrons. The van der Waals surface area contributed by atoms with Crippen LogP contribution in [0.5, 0.6) is 0 Å². The van der Waals surface area contributed by atoms with Crippen molar-refractivity contribution in [2.75, 3.05) is 5.73 Å². The highest BCUT2D eigenvalue weighted by Gasteiger charge is 2.13. The molecule has 4 rings (SSSR count). The number of hydrogen-bond donors (Lipinski definition) is 3. The third-order valence-electron chi connectivity index (χ3n) is 6.18. The number of nitrogens with zero attached hydrogens (tertiary/aromatic N) is 4. The second kappa shape index (κ2) is 10.9. The third kappa shape index (κ3) is 5.99. The van der Waals surface area contributed by atoms with Crippen molar-refractivity contribution >= 4 is 17.6 Å². The molecule has 0 unspecified atom stereocenters. The Kier molecular flexibility index (Phi) is 7.93. The van der Waals surface area contributed by atoms with E-state index in [4.69, 9.17) is 16.6 Å². The lowest BCUT2D eigenvalue weighted by atomic mass is 9.96. The number of carboxylic acids is 1. The van der Waals surface area contributed by atoms with E-state index in [1.165, 1.54) is 11.8 Å². The standard InChI is InChI=1S/C17H18N4O2.C10H14N2O/c1-12-7-18-20(9-12)10-14-3-5-15(6-4-14)11-21-13(2)16(8-19-21)17(22)23;1-5-4-8(11)6(2)7(3)9(5)10(12)13/h3-9H,10-11H2,1-2H3,(H,22,23);4H,11H2,1-3H3,(H2,12,13). The van der Waals surface area contributed by atoms with Crippen LogP contribution in [0.25, 0.3) is 0 Å². The van der Waals surface area contributed by atoms with Gasteiger partial charge < -0.3 is 16.6 Å². The number of amides is 1. The van der Waals surface area contributed by atoms with Crippen molar-refractivity contribution in [2.45, 2.75) is 47.7 Å². The van der Waals surface area contributed by atoms with Gasteiger partial charge in [-0.1, -0.05) is 24.3 Å². The molecule has 0 spiro atoms. The minimum absolute atomic E-state index is 0.246. The topological polar surface area (TPSA) is 142 Å². The zero-order valence-corrected chi connectivity index (χ0v) is 21.2. The molecule has 0 radical (unpaired) electrons. The molecule has 2 heterocycles. The summed E-state index contributed by atoms with van der Waals surface area (Å²) in [6.07, 6.45) is 5.25. The van der Waals surface area contributed by atoms with Crippen molar-refractivity contribution in [2.24, 2.45) is 5.73 Å². The lowest BCUT2D eigenvalue weighted by Crippen LogP contribution is -2.15. The lowest BCUT2D eigenvalue weighted by Gasteiger charge is -2.11. The molecule has 2 aromatic heterocycles. The summed E-state index contributed by atoms with van der Waals surface area (Å²) >= 11 is 0. The summed E-state index contributed by atoms with van der Waals surface area (Å²) in [5, 5.41) is 17.5. The summed E-state index contributed by atoms with van der Waals surface area (Å²) in [5.41, 5.74) is 19.2. The predicted octanol–water partition coefficient (Wildman–Crippen LogP) is 3.78. The average molecular weight is 489 g/mol. The van der Waals surface area contributed by atoms with Crippen LogP contribution in [0.3, 0.4) is 0 Å². The van der Waals surface area contributed by atoms with Crippen molar-refractivity contribution in [1.82, 2.24) is 19.6 Å². The molecule has 0 aliphatic heterocycles. The number of primary amides is 1. The van der Waals surface area contributed by atoms with Gasteiger partial charge in [0, 0.05) is 17.4 Å². The van der Waals surface area contributed by atoms with Crippen LogP contribution in [0.1, 0.15) is 59.8 Å². The minimum atomic E-state index is -0.946. The molecule has 0 atom stereocenters. The Morgan fingerprint density at radius 1 is 0.917 bits per heavy atom. The number of aromatic nitrogens is 4. The van der Waals surface area contributed by atoms with Gasteiger partial charge in [0.05, 0.1) is 31.2 Å². The van der Waals surface area contributed by atoms with E-state index in [2.05, 4.69) is 22.3 Å². The van der Waals surface area contributed by atoms with Crippen LogP contribution in [0, 0.1) is 34.6 Å². The highest BCUT2D eigenvalue weighted by Crippen LogP contribution is 2.23. The molecule has 1 amide bonds. The number of nitrogen functional groups attached to an aromatic ring is 1. The Bertz CT molecular complexity index is 1400. The molecular formula is C27H32N6O3. The molecule has 36 heavy (non-hydrogen) atoms. The highest BCUT2D eigenvalue weighted by atomic mass is 16.4. The molecule has 4 aromatic rings. The first-order valence-corrected chi connectivity index (χ1v) is 11.5. The number of benzene rings is 2. The largest absolute Gasteiger partial charge is 0.478 e. The first-order chi connectivity index (χ1) is 17.0. The van der Waals surface area contributed by atoms with E-state index in [1.807, 2.05) is 56.9 Å². The Labute approximate surface area is 210 Å². The number of carbonyl (C=O) groups excluding carboxylic acids is 1. The number of anilines is 1. The van der Waals surface area contributed by atoms with E-state index in [1.54, 1.807) is 17.7 Å². The van der Waals surface area contributed by atoms with Gasteiger partial charge in [-0.05, 0) is 74.1 Å². The van der Waals surface area contributed by atoms with E-state index in [-0.39, 0.29) is 5.56 Å². The first kappa shape index (κ1) is 26.2. The van der Waals surface area contributed by atoms with Gasteiger partial charge >= 0.3 is 5.97 Å². The zero-order valence-electron chi connectivity index (χ0n) is 21.2. The van der Waals surface area contributed by atoms with E-state index in [0.717, 1.165) is 34.4 Å². The van der Waals surface area contributed by atoms with Crippen LogP contribution in [0.15, 0.2) is 48.9 Å². The van der Waals surface area contributed by atoms with E-state index < -0.39 is 11.9 Å². The number of rotatable bonds is 6. The predicted molar refractivity (Wildman–Crippen MR) is 139 cm³/mol. The Morgan fingerprint density at radius 3 is 2.03 bits per heavy atom. The molecule has 5 N–H and O–H groups in total. The van der Waals surface area contributed by atoms with Gasteiger partial charge in [0.15, 0.2) is 0 Å². The number of aromatic carboxylic acids is 1. The smallest absolute Gasteiger partial charge is 0.339 e. The van der Waals surface area contributed by atoms with Gasteiger partial charge in [-0.15, -0.1) is 0 Å². The molecule has 0 aliphatic carbocycles. The second-order valence-corrected chi connectivity index (χ2v) is 8.91. The molecule has 0 bridgehead atoms. The van der Waals surface area contributed by atoms with Gasteiger partial charge in [0.25, 0.3) is 0 Å². The molecule has 2 aromatic carbocycles. The fraction of sp³-hybridized carbons (Fsp3) is 0.259. The van der Waals surface area contributed by atoms with E-state index >= 15 is 0 Å². The molecular weight excluding hydrogens is 456 g/mol. The van der Waals surface area contributed by atoms with Crippen LogP contribution >= 0.6 is 0 Å². The van der Waals surface area contributed by atoms with E-state index in [9.17, 15) is 9.59 Å². The molecule has 9 heteroatoms. The molecule has 0 aliphatic rings. The summed E-state index contributed by atoms with van der Waals surface area (Å²) in [4.78, 5) is 22.1. The van der Waals surface area contributed by atoms with Crippen LogP contribution in [0.4, 0.5) is 5.69 Å². The number of carbonyl (C=O) groups is 2. The van der Waals surface area contributed by atoms with Crippen molar-refractivity contribution in [3.05, 3.63) is 99.1 Å². The van der Waals surface area contributed by atoms with E-state index in [0.29, 0.717) is 23.5 Å². The van der Waals surface area contributed by atoms with Gasteiger partial charge in [-0.3, -0.25) is 14.2 Å². The lowest BCUT2D eigenvalue weighted by molar-refractivity contribution is 0.0695. The summed E-state index contributed by atoms with van der Waals surface area (Å²) in [5.74, 6) is -1.34. The Balaban J connectivity index is 0.000000236. The number of hydrogen-bond acceptors (Lipinski definition) is 5. The molecule has 0 fully saturated rings. The maximum absolute atomic E-state index is 11.1. The van der Waals surface area contributed by atoms with Crippen molar-refractivity contribution in [3.8, 4) is 0 Å². The van der Waals surface area contributed by atoms with Gasteiger partial charge in [-0.25, -0.2) is 4.79 Å². The maximum atomic E-state index is 11.1. The second-order valence-electron chi connectivity index (χ2n) is 8.91. The van der Waals surface area contributed by atoms with Gasteiger partial charge in [0.1, 0.15) is 5.56 Å². The van der Waals surface area contributed by atoms with Crippen LogP contribution in [-0.4, -0.2) is 36.5 Å². The third-order valence-corrected chi connectivity index (χ3v) is 6.18. The normalized spacial score (nSPS) is 10.6. The van der Waals surface area contributed by atoms with Crippen molar-refractivity contribution in [1.29, 1.82) is 0 Å². The average Bonchev–Trinajstić information content (AvgIpc) is 3.38. The van der Waals surface area contributed by atoms with Crippen LogP contribution < -0.4 is 11.5 Å². The number of aryl methyl sites for hydroxylation is 2. The van der Waals surface area contributed by atoms with Crippen molar-refractivity contribution in [3.63, 3.8) is 0 Å². The number of nitrogens with two attached hydrogens (primary N) is 2. The highest BCUT2D eigenvalue weighted by molar-refractivity contribution is 5.96. The van der Waals surface area contributed by atoms with Gasteiger partial charge in [-0.2, -0.15) is 10.2 Å². The van der Waals surface area contributed by atoms with Crippen LogP contribution in [0.2, 0.25) is 0 Å². The summed E-state index contributed by atoms with van der Waals surface area (Å²) < 4.78 is 3.61. The summed E-state index contributed by atoms with van der Waals surface area (Å²) in [6.45, 7) is 10.7. The zero-order chi connectivity index (χ0) is 26.6. The Hall–Kier alpha value is -4.40. The first-order valence-electron chi connectivity index (χ1n) is 11.5. The summed E-state index contributed by atoms with van der Waals surface area (Å²) in [6, 6.07) is 9.97. The summed E-state index contributed by atoms with van der Waals surface area (Å²) in [7, 11) is 0. The molecule has 0 saturated heterocycles. The minimum Gasteiger partial charge on any atom is -0.478 e. The monoisotopic (exact) mass is 488 g/mol.